The van der Waals surface area contributed by atoms with Gasteiger partial charge in [-0.1, -0.05) is 18.7 Å². The summed E-state index contributed by atoms with van der Waals surface area (Å²) in [5, 5.41) is 0.882. The van der Waals surface area contributed by atoms with Crippen LogP contribution in [-0.4, -0.2) is 15.3 Å². The summed E-state index contributed by atoms with van der Waals surface area (Å²) < 4.78 is 2.61. The smallest absolute Gasteiger partial charge is 0.272 e. The first kappa shape index (κ1) is 9.42. The molecule has 0 aromatic carbocycles. The van der Waals surface area contributed by atoms with Crippen molar-refractivity contribution in [3.63, 3.8) is 0 Å². The van der Waals surface area contributed by atoms with Crippen LogP contribution in [0.25, 0.3) is 10.2 Å². The second kappa shape index (κ2) is 3.35. The van der Waals surface area contributed by atoms with E-state index in [4.69, 9.17) is 0 Å². The number of hydrogen-bond acceptors (Lipinski definition) is 4. The first-order valence-electron chi connectivity index (χ1n) is 4.95. The van der Waals surface area contributed by atoms with Crippen LogP contribution >= 0.6 is 23.1 Å². The quantitative estimate of drug-likeness (QED) is 0.714. The van der Waals surface area contributed by atoms with E-state index in [0.29, 0.717) is 0 Å². The molecule has 0 fully saturated rings. The highest BCUT2D eigenvalue weighted by Crippen LogP contribution is 2.27. The van der Waals surface area contributed by atoms with Gasteiger partial charge in [0.2, 0.25) is 0 Å². The van der Waals surface area contributed by atoms with Gasteiger partial charge in [0.1, 0.15) is 4.70 Å². The fourth-order valence-electron chi connectivity index (χ4n) is 1.75. The van der Waals surface area contributed by atoms with Crippen LogP contribution in [0.4, 0.5) is 0 Å². The summed E-state index contributed by atoms with van der Waals surface area (Å²) >= 11 is 3.26. The highest BCUT2D eigenvalue weighted by atomic mass is 32.2. The monoisotopic (exact) mass is 238 g/mol. The van der Waals surface area contributed by atoms with E-state index in [1.807, 2.05) is 6.07 Å². The van der Waals surface area contributed by atoms with Gasteiger partial charge in [-0.05, 0) is 12.5 Å². The average molecular weight is 238 g/mol. The van der Waals surface area contributed by atoms with Gasteiger partial charge in [0.05, 0.1) is 5.52 Å². The van der Waals surface area contributed by atoms with E-state index in [0.717, 1.165) is 34.1 Å². The van der Waals surface area contributed by atoms with Crippen molar-refractivity contribution in [1.82, 2.24) is 9.55 Å². The number of hydrogen-bond donors (Lipinski definition) is 0. The lowest BCUT2D eigenvalue weighted by Gasteiger charge is -1.99. The van der Waals surface area contributed by atoms with Gasteiger partial charge >= 0.3 is 0 Å². The van der Waals surface area contributed by atoms with E-state index >= 15 is 0 Å². The molecule has 1 aliphatic rings. The summed E-state index contributed by atoms with van der Waals surface area (Å²) in [6, 6.07) is 2.04. The summed E-state index contributed by atoms with van der Waals surface area (Å²) in [5.41, 5.74) is 1.02. The van der Waals surface area contributed by atoms with Crippen LogP contribution in [0.5, 0.6) is 0 Å². The first-order valence-corrected chi connectivity index (χ1v) is 6.76. The zero-order valence-electron chi connectivity index (χ0n) is 8.32. The van der Waals surface area contributed by atoms with Gasteiger partial charge in [0.15, 0.2) is 5.16 Å². The van der Waals surface area contributed by atoms with Crippen molar-refractivity contribution in [3.05, 3.63) is 21.3 Å². The Hall–Kier alpha value is -0.810. The molecule has 5 heteroatoms. The molecule has 0 radical (unpaired) electrons. The van der Waals surface area contributed by atoms with Crippen molar-refractivity contribution in [3.8, 4) is 0 Å². The lowest BCUT2D eigenvalue weighted by atomic mass is 10.3. The molecule has 78 valence electrons. The fourth-order valence-corrected chi connectivity index (χ4v) is 3.68. The number of rotatable bonds is 1. The van der Waals surface area contributed by atoms with E-state index in [1.54, 1.807) is 27.7 Å². The van der Waals surface area contributed by atoms with E-state index in [1.165, 1.54) is 4.88 Å². The van der Waals surface area contributed by atoms with Crippen molar-refractivity contribution >= 4 is 33.3 Å². The molecule has 0 bridgehead atoms. The maximum atomic E-state index is 12.1. The van der Waals surface area contributed by atoms with Gasteiger partial charge < -0.3 is 0 Å². The third-order valence-corrected chi connectivity index (χ3v) is 4.76. The molecule has 0 saturated carbocycles. The van der Waals surface area contributed by atoms with Gasteiger partial charge in [-0.25, -0.2) is 4.98 Å². The average Bonchev–Trinajstić information content (AvgIpc) is 2.83. The van der Waals surface area contributed by atoms with Gasteiger partial charge in [-0.2, -0.15) is 0 Å². The first-order chi connectivity index (χ1) is 7.29. The highest BCUT2D eigenvalue weighted by Gasteiger charge is 2.17. The molecule has 0 unspecified atom stereocenters. The molecular formula is C10H10N2OS2. The Labute approximate surface area is 95.1 Å². The molecule has 1 aliphatic heterocycles. The van der Waals surface area contributed by atoms with Gasteiger partial charge in [-0.3, -0.25) is 9.36 Å². The molecule has 0 atom stereocenters. The van der Waals surface area contributed by atoms with E-state index in [9.17, 15) is 4.79 Å². The summed E-state index contributed by atoms with van der Waals surface area (Å²) in [6.45, 7) is 2.91. The Balaban J connectivity index is 2.38. The zero-order valence-corrected chi connectivity index (χ0v) is 9.95. The zero-order chi connectivity index (χ0) is 10.4. The lowest BCUT2D eigenvalue weighted by Crippen LogP contribution is -2.19. The Bertz CT molecular complexity index is 585. The van der Waals surface area contributed by atoms with E-state index in [-0.39, 0.29) is 5.56 Å². The van der Waals surface area contributed by atoms with Gasteiger partial charge in [0.25, 0.3) is 5.56 Å². The number of nitrogens with zero attached hydrogens (tertiary/aromatic N) is 2. The van der Waals surface area contributed by atoms with E-state index in [2.05, 4.69) is 11.9 Å². The maximum absolute atomic E-state index is 12.1. The topological polar surface area (TPSA) is 34.9 Å². The molecule has 3 nitrogen and oxygen atoms in total. The summed E-state index contributed by atoms with van der Waals surface area (Å²) in [5.74, 6) is 0.972. The van der Waals surface area contributed by atoms with Gasteiger partial charge in [0, 0.05) is 17.2 Å². The van der Waals surface area contributed by atoms with Crippen molar-refractivity contribution in [2.45, 2.75) is 25.0 Å². The molecule has 3 rings (SSSR count). The van der Waals surface area contributed by atoms with Crippen molar-refractivity contribution in [1.29, 1.82) is 0 Å². The van der Waals surface area contributed by atoms with Crippen LogP contribution in [0.15, 0.2) is 16.0 Å². The normalized spacial score (nSPS) is 14.7. The molecule has 0 N–H and O–H groups in total. The minimum atomic E-state index is 0.143. The Morgan fingerprint density at radius 1 is 1.60 bits per heavy atom. The minimum Gasteiger partial charge on any atom is -0.286 e. The summed E-state index contributed by atoms with van der Waals surface area (Å²) in [4.78, 5) is 17.8. The van der Waals surface area contributed by atoms with Crippen LogP contribution in [0, 0.1) is 0 Å². The third kappa shape index (κ3) is 1.33. The van der Waals surface area contributed by atoms with Crippen LogP contribution in [0.3, 0.4) is 0 Å². The predicted molar refractivity (Wildman–Crippen MR) is 64.0 cm³/mol. The molecule has 0 saturated heterocycles. The fraction of sp³-hybridized carbons (Fsp3) is 0.400. The maximum Gasteiger partial charge on any atom is 0.272 e. The number of aromatic nitrogens is 2. The molecule has 2 aromatic heterocycles. The van der Waals surface area contributed by atoms with Crippen LogP contribution < -0.4 is 5.56 Å². The largest absolute Gasteiger partial charge is 0.286 e. The van der Waals surface area contributed by atoms with Crippen molar-refractivity contribution in [2.24, 2.45) is 0 Å². The molecule has 3 heterocycles. The molecule has 0 aliphatic carbocycles. The third-order valence-electron chi connectivity index (χ3n) is 2.54. The summed E-state index contributed by atoms with van der Waals surface area (Å²) in [7, 11) is 0. The minimum absolute atomic E-state index is 0.143. The number of fused-ring (bicyclic) bond motifs is 2. The Kier molecular flexibility index (Phi) is 2.10. The molecule has 2 aromatic rings. The standard InChI is InChI=1S/C10H10N2OS2/c1-2-6-5-7-8(15-6)9(13)12-3-4-14-10(12)11-7/h5H,2-4H2,1H3. The van der Waals surface area contributed by atoms with Crippen LogP contribution in [-0.2, 0) is 13.0 Å². The summed E-state index contributed by atoms with van der Waals surface area (Å²) in [6.07, 6.45) is 0.975. The van der Waals surface area contributed by atoms with Crippen molar-refractivity contribution in [2.75, 3.05) is 5.75 Å². The lowest BCUT2D eigenvalue weighted by molar-refractivity contribution is 0.670. The Morgan fingerprint density at radius 3 is 3.27 bits per heavy atom. The molecular weight excluding hydrogens is 228 g/mol. The van der Waals surface area contributed by atoms with E-state index < -0.39 is 0 Å². The predicted octanol–water partition coefficient (Wildman–Crippen LogP) is 2.13. The number of aryl methyl sites for hydroxylation is 1. The second-order valence-electron chi connectivity index (χ2n) is 3.48. The van der Waals surface area contributed by atoms with Crippen molar-refractivity contribution < 1.29 is 0 Å². The second-order valence-corrected chi connectivity index (χ2v) is 5.68. The van der Waals surface area contributed by atoms with Gasteiger partial charge in [-0.15, -0.1) is 11.3 Å². The molecule has 0 spiro atoms. The SMILES string of the molecule is CCc1cc2nc3n(c(=O)c2s1)CCS3. The Morgan fingerprint density at radius 2 is 2.47 bits per heavy atom. The van der Waals surface area contributed by atoms with Crippen LogP contribution in [0.1, 0.15) is 11.8 Å². The number of thiophene rings is 1. The molecule has 0 amide bonds. The van der Waals surface area contributed by atoms with Crippen LogP contribution in [0.2, 0.25) is 0 Å². The highest BCUT2D eigenvalue weighted by molar-refractivity contribution is 7.99. The number of thioether (sulfide) groups is 1. The molecule has 15 heavy (non-hydrogen) atoms.